The van der Waals surface area contributed by atoms with Gasteiger partial charge in [0.05, 0.1) is 18.9 Å². The van der Waals surface area contributed by atoms with E-state index in [0.717, 1.165) is 5.56 Å². The molecule has 0 fully saturated rings. The predicted molar refractivity (Wildman–Crippen MR) is 74.4 cm³/mol. The second-order valence-electron chi connectivity index (χ2n) is 4.43. The van der Waals surface area contributed by atoms with Gasteiger partial charge in [0.15, 0.2) is 11.4 Å². The first-order valence-corrected chi connectivity index (χ1v) is 6.21. The van der Waals surface area contributed by atoms with E-state index in [-0.39, 0.29) is 17.9 Å². The lowest BCUT2D eigenvalue weighted by molar-refractivity contribution is 0.396. The Kier molecular flexibility index (Phi) is 4.00. The molecule has 0 spiro atoms. The zero-order chi connectivity index (χ0) is 15.3. The second kappa shape index (κ2) is 5.88. The molecule has 0 saturated heterocycles. The lowest BCUT2D eigenvalue weighted by Crippen LogP contribution is -2.42. The summed E-state index contributed by atoms with van der Waals surface area (Å²) in [7, 11) is 1.68. The van der Waals surface area contributed by atoms with Crippen LogP contribution in [0.2, 0.25) is 0 Å². The summed E-state index contributed by atoms with van der Waals surface area (Å²) in [4.78, 5) is 3.89. The summed E-state index contributed by atoms with van der Waals surface area (Å²) >= 11 is 0. The van der Waals surface area contributed by atoms with Crippen molar-refractivity contribution in [2.75, 3.05) is 7.05 Å². The minimum atomic E-state index is -1.000. The number of nitriles is 3. The summed E-state index contributed by atoms with van der Waals surface area (Å²) in [6.45, 7) is 0.182. The normalized spacial score (nSPS) is 12.7. The van der Waals surface area contributed by atoms with E-state index >= 15 is 0 Å². The van der Waals surface area contributed by atoms with Crippen molar-refractivity contribution in [3.8, 4) is 18.2 Å². The molecule has 1 unspecified atom stereocenters. The molecule has 0 bridgehead atoms. The number of hydrogen-bond acceptors (Lipinski definition) is 5. The Bertz CT molecular complexity index is 756. The van der Waals surface area contributed by atoms with E-state index in [1.54, 1.807) is 7.05 Å². The highest BCUT2D eigenvalue weighted by Crippen LogP contribution is 2.23. The largest absolute Gasteiger partial charge is 0.318 e. The zero-order valence-corrected chi connectivity index (χ0v) is 11.4. The fourth-order valence-electron chi connectivity index (χ4n) is 2.15. The molecule has 2 aromatic rings. The topological polar surface area (TPSA) is 101 Å². The van der Waals surface area contributed by atoms with Crippen molar-refractivity contribution in [1.29, 1.82) is 15.8 Å². The van der Waals surface area contributed by atoms with Gasteiger partial charge < -0.3 is 4.57 Å². The van der Waals surface area contributed by atoms with Crippen molar-refractivity contribution in [1.82, 2.24) is 14.9 Å². The molecule has 0 amide bonds. The standard InChI is InChI=1S/C15H12N6/c1-19-15(9-18,12-5-3-2-4-6-12)10-21-11-20-13(7-16)14(21)8-17/h2-6,11,19H,10H2,1H3. The molecule has 102 valence electrons. The van der Waals surface area contributed by atoms with Crippen molar-refractivity contribution < 1.29 is 0 Å². The molecule has 1 N–H and O–H groups in total. The number of nitrogens with one attached hydrogen (secondary N) is 1. The van der Waals surface area contributed by atoms with Crippen LogP contribution < -0.4 is 5.32 Å². The maximum absolute atomic E-state index is 9.62. The maximum atomic E-state index is 9.62. The van der Waals surface area contributed by atoms with Gasteiger partial charge in [0.1, 0.15) is 17.7 Å². The van der Waals surface area contributed by atoms with Crippen molar-refractivity contribution in [2.24, 2.45) is 0 Å². The fourth-order valence-corrected chi connectivity index (χ4v) is 2.15. The van der Waals surface area contributed by atoms with Crippen LogP contribution >= 0.6 is 0 Å². The van der Waals surface area contributed by atoms with E-state index in [0.29, 0.717) is 0 Å². The SMILES string of the molecule is CNC(C#N)(Cn1cnc(C#N)c1C#N)c1ccccc1. The number of likely N-dealkylation sites (N-methyl/N-ethyl adjacent to an activating group) is 1. The van der Waals surface area contributed by atoms with Gasteiger partial charge in [-0.3, -0.25) is 5.32 Å². The highest BCUT2D eigenvalue weighted by atomic mass is 15.1. The lowest BCUT2D eigenvalue weighted by Gasteiger charge is -2.27. The molecule has 0 aliphatic rings. The average Bonchev–Trinajstić information content (AvgIpc) is 2.95. The predicted octanol–water partition coefficient (Wildman–Crippen LogP) is 1.26. The number of benzene rings is 1. The van der Waals surface area contributed by atoms with Gasteiger partial charge in [0.25, 0.3) is 0 Å². The second-order valence-corrected chi connectivity index (χ2v) is 4.43. The van der Waals surface area contributed by atoms with Crippen LogP contribution in [0.25, 0.3) is 0 Å². The summed E-state index contributed by atoms with van der Waals surface area (Å²) < 4.78 is 1.52. The van der Waals surface area contributed by atoms with Crippen molar-refractivity contribution in [3.05, 3.63) is 53.6 Å². The highest BCUT2D eigenvalue weighted by molar-refractivity contribution is 5.37. The molecule has 6 heteroatoms. The number of imidazole rings is 1. The van der Waals surface area contributed by atoms with Gasteiger partial charge in [-0.05, 0) is 12.6 Å². The molecule has 0 aliphatic heterocycles. The van der Waals surface area contributed by atoms with Gasteiger partial charge >= 0.3 is 0 Å². The molecular weight excluding hydrogens is 264 g/mol. The summed E-state index contributed by atoms with van der Waals surface area (Å²) in [6, 6.07) is 15.3. The summed E-state index contributed by atoms with van der Waals surface area (Å²) in [5, 5.41) is 30.7. The van der Waals surface area contributed by atoms with Gasteiger partial charge in [0, 0.05) is 0 Å². The van der Waals surface area contributed by atoms with Crippen LogP contribution in [0.15, 0.2) is 36.7 Å². The third-order valence-electron chi connectivity index (χ3n) is 3.34. The molecule has 0 radical (unpaired) electrons. The monoisotopic (exact) mass is 276 g/mol. The molecule has 6 nitrogen and oxygen atoms in total. The molecule has 0 saturated carbocycles. The molecule has 1 heterocycles. The van der Waals surface area contributed by atoms with E-state index in [2.05, 4.69) is 16.4 Å². The van der Waals surface area contributed by atoms with Gasteiger partial charge in [0.2, 0.25) is 0 Å². The third-order valence-corrected chi connectivity index (χ3v) is 3.34. The molecule has 0 aliphatic carbocycles. The highest BCUT2D eigenvalue weighted by Gasteiger charge is 2.32. The Hall–Kier alpha value is -3.14. The van der Waals surface area contributed by atoms with Crippen LogP contribution in [-0.4, -0.2) is 16.6 Å². The lowest BCUT2D eigenvalue weighted by atomic mass is 9.91. The Morgan fingerprint density at radius 1 is 1.19 bits per heavy atom. The molecule has 1 aromatic carbocycles. The van der Waals surface area contributed by atoms with Gasteiger partial charge in [-0.25, -0.2) is 4.98 Å². The van der Waals surface area contributed by atoms with Crippen LogP contribution in [0.1, 0.15) is 17.0 Å². The number of nitrogens with zero attached hydrogens (tertiary/aromatic N) is 5. The Morgan fingerprint density at radius 3 is 2.43 bits per heavy atom. The van der Waals surface area contributed by atoms with Gasteiger partial charge in [-0.15, -0.1) is 0 Å². The van der Waals surface area contributed by atoms with Crippen molar-refractivity contribution >= 4 is 0 Å². The number of rotatable bonds is 4. The number of hydrogen-bond donors (Lipinski definition) is 1. The van der Waals surface area contributed by atoms with E-state index in [9.17, 15) is 5.26 Å². The van der Waals surface area contributed by atoms with Crippen molar-refractivity contribution in [2.45, 2.75) is 12.1 Å². The summed E-state index contributed by atoms with van der Waals surface area (Å²) in [5.74, 6) is 0. The maximum Gasteiger partial charge on any atom is 0.176 e. The molecule has 1 atom stereocenters. The fraction of sp³-hybridized carbons (Fsp3) is 0.200. The molecular formula is C15H12N6. The smallest absolute Gasteiger partial charge is 0.176 e. The van der Waals surface area contributed by atoms with E-state index in [1.807, 2.05) is 42.5 Å². The number of aromatic nitrogens is 2. The van der Waals surface area contributed by atoms with E-state index in [4.69, 9.17) is 10.5 Å². The minimum Gasteiger partial charge on any atom is -0.318 e. The first kappa shape index (κ1) is 14.3. The van der Waals surface area contributed by atoms with Crippen LogP contribution in [-0.2, 0) is 12.1 Å². The first-order chi connectivity index (χ1) is 10.2. The minimum absolute atomic E-state index is 0.0634. The van der Waals surface area contributed by atoms with Gasteiger partial charge in [-0.1, -0.05) is 30.3 Å². The van der Waals surface area contributed by atoms with Crippen molar-refractivity contribution in [3.63, 3.8) is 0 Å². The van der Waals surface area contributed by atoms with E-state index in [1.165, 1.54) is 10.9 Å². The summed E-state index contributed by atoms with van der Waals surface area (Å²) in [6.07, 6.45) is 1.41. The Balaban J connectivity index is 2.49. The summed E-state index contributed by atoms with van der Waals surface area (Å²) in [5.41, 5.74) is 0.00298. The first-order valence-electron chi connectivity index (χ1n) is 6.21. The van der Waals surface area contributed by atoms with Crippen LogP contribution in [0.3, 0.4) is 0 Å². The van der Waals surface area contributed by atoms with Crippen LogP contribution in [0, 0.1) is 34.0 Å². The Morgan fingerprint density at radius 2 is 1.90 bits per heavy atom. The van der Waals surface area contributed by atoms with Crippen LogP contribution in [0.4, 0.5) is 0 Å². The zero-order valence-electron chi connectivity index (χ0n) is 11.4. The molecule has 21 heavy (non-hydrogen) atoms. The molecule has 1 aromatic heterocycles. The van der Waals surface area contributed by atoms with E-state index < -0.39 is 5.54 Å². The average molecular weight is 276 g/mol. The Labute approximate surface area is 122 Å². The molecule has 2 rings (SSSR count). The van der Waals surface area contributed by atoms with Gasteiger partial charge in [-0.2, -0.15) is 15.8 Å². The quantitative estimate of drug-likeness (QED) is 0.906. The van der Waals surface area contributed by atoms with Crippen LogP contribution in [0.5, 0.6) is 0 Å². The third kappa shape index (κ3) is 2.47.